The van der Waals surface area contributed by atoms with E-state index < -0.39 is 4.92 Å². The van der Waals surface area contributed by atoms with Crippen molar-refractivity contribution < 1.29 is 4.92 Å². The number of thioether (sulfide) groups is 1. The average molecular weight is 322 g/mol. The minimum absolute atomic E-state index is 0.00135. The number of hydrogen-bond acceptors (Lipinski definition) is 6. The maximum atomic E-state index is 10.6. The molecule has 2 aromatic heterocycles. The Hall–Kier alpha value is -1.90. The van der Waals surface area contributed by atoms with E-state index in [0.29, 0.717) is 11.8 Å². The first-order chi connectivity index (χ1) is 10.6. The summed E-state index contributed by atoms with van der Waals surface area (Å²) in [6, 6.07) is 0. The van der Waals surface area contributed by atoms with Gasteiger partial charge in [0.05, 0.1) is 10.8 Å². The van der Waals surface area contributed by atoms with Crippen molar-refractivity contribution in [1.82, 2.24) is 24.5 Å². The standard InChI is InChI=1S/C13H18N6O2S/c1-17-12(10-5-3-2-4-6-10)15-16-13(17)22-9-18-8-11(7-14-18)19(20)21/h7-8,10H,2-6,9H2,1H3. The molecule has 0 radical (unpaired) electrons. The minimum atomic E-state index is -0.447. The number of nitrogens with zero attached hydrogens (tertiary/aromatic N) is 6. The third-order valence-corrected chi connectivity index (χ3v) is 5.00. The van der Waals surface area contributed by atoms with E-state index in [1.54, 1.807) is 0 Å². The fraction of sp³-hybridized carbons (Fsp3) is 0.615. The second-order valence-electron chi connectivity index (χ2n) is 5.50. The second-order valence-corrected chi connectivity index (χ2v) is 6.42. The van der Waals surface area contributed by atoms with Gasteiger partial charge in [-0.1, -0.05) is 31.0 Å². The highest BCUT2D eigenvalue weighted by molar-refractivity contribution is 7.98. The van der Waals surface area contributed by atoms with Crippen molar-refractivity contribution in [2.75, 3.05) is 0 Å². The monoisotopic (exact) mass is 322 g/mol. The van der Waals surface area contributed by atoms with Crippen LogP contribution >= 0.6 is 11.8 Å². The first kappa shape index (κ1) is 15.0. The molecule has 118 valence electrons. The van der Waals surface area contributed by atoms with Gasteiger partial charge in [-0.15, -0.1) is 10.2 Å². The molecule has 2 heterocycles. The summed E-state index contributed by atoms with van der Waals surface area (Å²) in [5.74, 6) is 2.03. The molecule has 9 heteroatoms. The van der Waals surface area contributed by atoms with E-state index in [1.807, 2.05) is 11.6 Å². The smallest absolute Gasteiger partial charge is 0.307 e. The van der Waals surface area contributed by atoms with Crippen LogP contribution in [0.4, 0.5) is 5.69 Å². The third-order valence-electron chi connectivity index (χ3n) is 4.00. The molecule has 0 atom stereocenters. The van der Waals surface area contributed by atoms with E-state index in [9.17, 15) is 10.1 Å². The summed E-state index contributed by atoms with van der Waals surface area (Å²) in [7, 11) is 1.98. The molecule has 0 N–H and O–H groups in total. The van der Waals surface area contributed by atoms with E-state index in [1.165, 1.54) is 60.9 Å². The first-order valence-corrected chi connectivity index (χ1v) is 8.32. The Labute approximate surface area is 132 Å². The molecular formula is C13H18N6O2S. The summed E-state index contributed by atoms with van der Waals surface area (Å²) in [5, 5.41) is 24.0. The molecule has 3 rings (SSSR count). The van der Waals surface area contributed by atoms with Crippen LogP contribution in [0.1, 0.15) is 43.8 Å². The Morgan fingerprint density at radius 3 is 2.82 bits per heavy atom. The van der Waals surface area contributed by atoms with Crippen molar-refractivity contribution >= 4 is 17.4 Å². The van der Waals surface area contributed by atoms with E-state index in [4.69, 9.17) is 0 Å². The molecule has 0 spiro atoms. The van der Waals surface area contributed by atoms with Gasteiger partial charge in [-0.25, -0.2) is 0 Å². The van der Waals surface area contributed by atoms with Gasteiger partial charge in [0.1, 0.15) is 18.2 Å². The van der Waals surface area contributed by atoms with Crippen LogP contribution in [0.5, 0.6) is 0 Å². The van der Waals surface area contributed by atoms with Gasteiger partial charge in [-0.05, 0) is 12.8 Å². The maximum absolute atomic E-state index is 10.6. The van der Waals surface area contributed by atoms with Crippen LogP contribution < -0.4 is 0 Å². The van der Waals surface area contributed by atoms with Crippen molar-refractivity contribution in [2.24, 2.45) is 7.05 Å². The number of aromatic nitrogens is 5. The van der Waals surface area contributed by atoms with Crippen molar-refractivity contribution in [3.05, 3.63) is 28.3 Å². The molecule has 8 nitrogen and oxygen atoms in total. The summed E-state index contributed by atoms with van der Waals surface area (Å²) < 4.78 is 3.58. The lowest BCUT2D eigenvalue weighted by atomic mass is 9.89. The zero-order valence-corrected chi connectivity index (χ0v) is 13.2. The predicted molar refractivity (Wildman–Crippen MR) is 81.6 cm³/mol. The molecule has 0 aromatic carbocycles. The van der Waals surface area contributed by atoms with Gasteiger partial charge in [0, 0.05) is 13.0 Å². The molecule has 1 aliphatic rings. The maximum Gasteiger partial charge on any atom is 0.307 e. The quantitative estimate of drug-likeness (QED) is 0.477. The van der Waals surface area contributed by atoms with Gasteiger partial charge < -0.3 is 4.57 Å². The van der Waals surface area contributed by atoms with Crippen molar-refractivity contribution in [3.8, 4) is 0 Å². The highest BCUT2D eigenvalue weighted by Gasteiger charge is 2.22. The van der Waals surface area contributed by atoms with Gasteiger partial charge in [0.15, 0.2) is 5.16 Å². The fourth-order valence-electron chi connectivity index (χ4n) is 2.81. The Morgan fingerprint density at radius 1 is 1.36 bits per heavy atom. The number of nitro groups is 1. The minimum Gasteiger partial charge on any atom is -0.309 e. The van der Waals surface area contributed by atoms with Crippen LogP contribution in [0.15, 0.2) is 17.6 Å². The SMILES string of the molecule is Cn1c(SCn2cc([N+](=O)[O-])cn2)nnc1C1CCCCC1. The molecule has 0 saturated heterocycles. The highest BCUT2D eigenvalue weighted by atomic mass is 32.2. The lowest BCUT2D eigenvalue weighted by Gasteiger charge is -2.20. The van der Waals surface area contributed by atoms with Gasteiger partial charge in [-0.3, -0.25) is 14.8 Å². The summed E-state index contributed by atoms with van der Waals surface area (Å²) in [6.07, 6.45) is 8.88. The third kappa shape index (κ3) is 3.13. The molecule has 0 unspecified atom stereocenters. The molecule has 1 fully saturated rings. The molecule has 1 saturated carbocycles. The largest absolute Gasteiger partial charge is 0.309 e. The van der Waals surface area contributed by atoms with Crippen LogP contribution in [-0.4, -0.2) is 29.5 Å². The number of rotatable bonds is 5. The molecular weight excluding hydrogens is 304 g/mol. The van der Waals surface area contributed by atoms with Crippen LogP contribution in [0.2, 0.25) is 0 Å². The van der Waals surface area contributed by atoms with Crippen LogP contribution in [0.3, 0.4) is 0 Å². The summed E-state index contributed by atoms with van der Waals surface area (Å²) >= 11 is 1.48. The average Bonchev–Trinajstić information content (AvgIpc) is 3.13. The zero-order valence-electron chi connectivity index (χ0n) is 12.4. The summed E-state index contributed by atoms with van der Waals surface area (Å²) in [6.45, 7) is 0. The zero-order chi connectivity index (χ0) is 15.5. The molecule has 0 aliphatic heterocycles. The normalized spacial score (nSPS) is 16.0. The van der Waals surface area contributed by atoms with Crippen LogP contribution in [0.25, 0.3) is 0 Å². The molecule has 0 bridgehead atoms. The Kier molecular flexibility index (Phi) is 4.41. The Balaban J connectivity index is 1.65. The Morgan fingerprint density at radius 2 is 2.14 bits per heavy atom. The second kappa shape index (κ2) is 6.47. The van der Waals surface area contributed by atoms with Crippen molar-refractivity contribution in [2.45, 2.75) is 49.1 Å². The highest BCUT2D eigenvalue weighted by Crippen LogP contribution is 2.32. The molecule has 22 heavy (non-hydrogen) atoms. The molecule has 1 aliphatic carbocycles. The van der Waals surface area contributed by atoms with E-state index in [0.717, 1.165) is 11.0 Å². The lowest BCUT2D eigenvalue weighted by molar-refractivity contribution is -0.385. The molecule has 0 amide bonds. The molecule has 2 aromatic rings. The van der Waals surface area contributed by atoms with Crippen LogP contribution in [0, 0.1) is 10.1 Å². The van der Waals surface area contributed by atoms with Gasteiger partial charge >= 0.3 is 5.69 Å². The van der Waals surface area contributed by atoms with Crippen molar-refractivity contribution in [1.29, 1.82) is 0 Å². The van der Waals surface area contributed by atoms with E-state index in [-0.39, 0.29) is 5.69 Å². The van der Waals surface area contributed by atoms with Gasteiger partial charge in [-0.2, -0.15) is 5.10 Å². The van der Waals surface area contributed by atoms with E-state index in [2.05, 4.69) is 15.3 Å². The predicted octanol–water partition coefficient (Wildman–Crippen LogP) is 2.72. The fourth-order valence-corrected chi connectivity index (χ4v) is 3.58. The summed E-state index contributed by atoms with van der Waals surface area (Å²) in [4.78, 5) is 10.2. The topological polar surface area (TPSA) is 91.7 Å². The van der Waals surface area contributed by atoms with E-state index >= 15 is 0 Å². The van der Waals surface area contributed by atoms with Crippen LogP contribution in [-0.2, 0) is 12.9 Å². The van der Waals surface area contributed by atoms with Crippen molar-refractivity contribution in [3.63, 3.8) is 0 Å². The number of hydrogen-bond donors (Lipinski definition) is 0. The van der Waals surface area contributed by atoms with Gasteiger partial charge in [0.25, 0.3) is 0 Å². The Bertz CT molecular complexity index is 661. The van der Waals surface area contributed by atoms with Gasteiger partial charge in [0.2, 0.25) is 0 Å². The summed E-state index contributed by atoms with van der Waals surface area (Å²) in [5.41, 5.74) is 0.00135. The first-order valence-electron chi connectivity index (χ1n) is 7.34. The lowest BCUT2D eigenvalue weighted by Crippen LogP contribution is -2.10.